The number of rotatable bonds is 2. The second-order valence-electron chi connectivity index (χ2n) is 1.76. The second-order valence-corrected chi connectivity index (χ2v) is 2.03. The van der Waals surface area contributed by atoms with Gasteiger partial charge in [0.05, 0.1) is 5.88 Å². The van der Waals surface area contributed by atoms with Crippen molar-refractivity contribution in [3.05, 3.63) is 27.9 Å². The van der Waals surface area contributed by atoms with Crippen LogP contribution in [0.1, 0.15) is 5.69 Å². The molecule has 0 amide bonds. The van der Waals surface area contributed by atoms with Crippen LogP contribution in [0.3, 0.4) is 0 Å². The normalized spacial score (nSPS) is 9.70. The predicted octanol–water partition coefficient (Wildman–Crippen LogP) is 1.66. The molecular weight excluding hydrogens is 156 g/mol. The summed E-state index contributed by atoms with van der Waals surface area (Å²) in [5.41, 5.74) is 0.661. The molecule has 10 heavy (non-hydrogen) atoms. The maximum Gasteiger partial charge on any atom is 0.321 e. The average molecular weight is 161 g/mol. The van der Waals surface area contributed by atoms with E-state index in [-0.39, 0.29) is 11.7 Å². The van der Waals surface area contributed by atoms with E-state index in [9.17, 15) is 10.1 Å². The fourth-order valence-corrected chi connectivity index (χ4v) is 0.768. The summed E-state index contributed by atoms with van der Waals surface area (Å²) in [5, 5.41) is 10.1. The van der Waals surface area contributed by atoms with E-state index in [0.717, 1.165) is 0 Å². The molecule has 5 heteroatoms. The lowest BCUT2D eigenvalue weighted by Crippen LogP contribution is -1.87. The van der Waals surface area contributed by atoms with E-state index in [1.165, 1.54) is 6.07 Å². The first-order chi connectivity index (χ1) is 4.74. The van der Waals surface area contributed by atoms with Crippen LogP contribution in [0, 0.1) is 10.1 Å². The third-order valence-electron chi connectivity index (χ3n) is 1.07. The van der Waals surface area contributed by atoms with Crippen molar-refractivity contribution in [2.45, 2.75) is 5.88 Å². The number of aromatic amines is 1. The van der Waals surface area contributed by atoms with Gasteiger partial charge in [0, 0.05) is 6.07 Å². The van der Waals surface area contributed by atoms with E-state index in [4.69, 9.17) is 11.6 Å². The van der Waals surface area contributed by atoms with Crippen molar-refractivity contribution in [1.82, 2.24) is 4.98 Å². The summed E-state index contributed by atoms with van der Waals surface area (Å²) in [6.45, 7) is 0. The Bertz CT molecular complexity index is 246. The highest BCUT2D eigenvalue weighted by atomic mass is 35.5. The highest BCUT2D eigenvalue weighted by Crippen LogP contribution is 2.10. The number of halogens is 1. The molecule has 1 aromatic heterocycles. The zero-order valence-electron chi connectivity index (χ0n) is 5.00. The van der Waals surface area contributed by atoms with Crippen molar-refractivity contribution in [2.75, 3.05) is 0 Å². The number of aromatic nitrogens is 1. The molecule has 0 aliphatic rings. The molecule has 0 aromatic carbocycles. The third-order valence-corrected chi connectivity index (χ3v) is 1.36. The highest BCUT2D eigenvalue weighted by molar-refractivity contribution is 6.16. The van der Waals surface area contributed by atoms with Crippen LogP contribution in [-0.2, 0) is 5.88 Å². The van der Waals surface area contributed by atoms with Crippen LogP contribution in [0.2, 0.25) is 0 Å². The molecule has 0 fully saturated rings. The topological polar surface area (TPSA) is 58.9 Å². The SMILES string of the molecule is O=[N+]([O-])c1ccc(CCl)[nH]1. The van der Waals surface area contributed by atoms with Crippen molar-refractivity contribution in [1.29, 1.82) is 0 Å². The van der Waals surface area contributed by atoms with Crippen LogP contribution in [0.15, 0.2) is 12.1 Å². The number of hydrogen-bond donors (Lipinski definition) is 1. The Hall–Kier alpha value is -1.03. The smallest absolute Gasteiger partial charge is 0.321 e. The molecule has 0 unspecified atom stereocenters. The first-order valence-electron chi connectivity index (χ1n) is 2.62. The van der Waals surface area contributed by atoms with Gasteiger partial charge in [-0.3, -0.25) is 0 Å². The van der Waals surface area contributed by atoms with Gasteiger partial charge in [-0.25, -0.2) is 4.98 Å². The van der Waals surface area contributed by atoms with Gasteiger partial charge in [0.2, 0.25) is 0 Å². The summed E-state index contributed by atoms with van der Waals surface area (Å²) in [6.07, 6.45) is 0. The Balaban J connectivity index is 2.88. The molecule has 1 heterocycles. The summed E-state index contributed by atoms with van der Waals surface area (Å²) >= 11 is 5.39. The quantitative estimate of drug-likeness (QED) is 0.406. The lowest BCUT2D eigenvalue weighted by Gasteiger charge is -1.86. The van der Waals surface area contributed by atoms with E-state index in [1.54, 1.807) is 6.07 Å². The number of hydrogen-bond acceptors (Lipinski definition) is 2. The van der Waals surface area contributed by atoms with Gasteiger partial charge in [-0.1, -0.05) is 0 Å². The molecule has 0 saturated carbocycles. The molecule has 0 aliphatic carbocycles. The van der Waals surface area contributed by atoms with Crippen molar-refractivity contribution in [3.63, 3.8) is 0 Å². The molecule has 0 bridgehead atoms. The van der Waals surface area contributed by atoms with E-state index in [1.807, 2.05) is 0 Å². The number of nitrogens with one attached hydrogen (secondary N) is 1. The Kier molecular flexibility index (Phi) is 1.91. The molecule has 4 nitrogen and oxygen atoms in total. The highest BCUT2D eigenvalue weighted by Gasteiger charge is 2.05. The number of alkyl halides is 1. The van der Waals surface area contributed by atoms with E-state index < -0.39 is 4.92 Å². The van der Waals surface area contributed by atoms with Gasteiger partial charge in [-0.2, -0.15) is 0 Å². The van der Waals surface area contributed by atoms with Crippen molar-refractivity contribution in [2.24, 2.45) is 0 Å². The standard InChI is InChI=1S/C5H5ClN2O2/c6-3-4-1-2-5(7-4)8(9)10/h1-2,7H,3H2. The van der Waals surface area contributed by atoms with Crippen LogP contribution >= 0.6 is 11.6 Å². The lowest BCUT2D eigenvalue weighted by atomic mass is 10.5. The number of nitro groups is 1. The molecule has 0 spiro atoms. The Morgan fingerprint density at radius 1 is 1.70 bits per heavy atom. The van der Waals surface area contributed by atoms with E-state index in [0.29, 0.717) is 5.69 Å². The molecule has 0 atom stereocenters. The molecule has 0 saturated heterocycles. The molecular formula is C5H5ClN2O2. The van der Waals surface area contributed by atoms with Gasteiger partial charge < -0.3 is 10.1 Å². The first-order valence-corrected chi connectivity index (χ1v) is 3.15. The van der Waals surface area contributed by atoms with Gasteiger partial charge in [0.25, 0.3) is 0 Å². The second kappa shape index (κ2) is 2.70. The third kappa shape index (κ3) is 1.27. The first kappa shape index (κ1) is 7.08. The summed E-state index contributed by atoms with van der Waals surface area (Å²) in [6, 6.07) is 2.98. The van der Waals surface area contributed by atoms with Crippen LogP contribution < -0.4 is 0 Å². The van der Waals surface area contributed by atoms with Crippen LogP contribution in [0.5, 0.6) is 0 Å². The zero-order chi connectivity index (χ0) is 7.56. The summed E-state index contributed by atoms with van der Waals surface area (Å²) in [4.78, 5) is 12.1. The molecule has 0 aliphatic heterocycles. The largest absolute Gasteiger partial charge is 0.358 e. The van der Waals surface area contributed by atoms with Crippen molar-refractivity contribution in [3.8, 4) is 0 Å². The van der Waals surface area contributed by atoms with Crippen LogP contribution in [0.25, 0.3) is 0 Å². The maximum absolute atomic E-state index is 10.1. The Morgan fingerprint density at radius 3 is 2.70 bits per heavy atom. The molecule has 0 radical (unpaired) electrons. The Labute approximate surface area is 62.0 Å². The summed E-state index contributed by atoms with van der Waals surface area (Å²) in [5.74, 6) is 0.254. The maximum atomic E-state index is 10.1. The summed E-state index contributed by atoms with van der Waals surface area (Å²) in [7, 11) is 0. The lowest BCUT2D eigenvalue weighted by molar-refractivity contribution is -0.389. The van der Waals surface area contributed by atoms with Gasteiger partial charge in [-0.15, -0.1) is 11.6 Å². The van der Waals surface area contributed by atoms with Gasteiger partial charge in [0.15, 0.2) is 0 Å². The molecule has 1 N–H and O–H groups in total. The average Bonchev–Trinajstić information content (AvgIpc) is 2.34. The van der Waals surface area contributed by atoms with Gasteiger partial charge in [-0.05, 0) is 11.0 Å². The Morgan fingerprint density at radius 2 is 2.40 bits per heavy atom. The van der Waals surface area contributed by atoms with E-state index >= 15 is 0 Å². The zero-order valence-corrected chi connectivity index (χ0v) is 5.76. The summed E-state index contributed by atoms with van der Waals surface area (Å²) < 4.78 is 0. The van der Waals surface area contributed by atoms with E-state index in [2.05, 4.69) is 4.98 Å². The minimum atomic E-state index is -0.490. The van der Waals surface area contributed by atoms with Crippen LogP contribution in [-0.4, -0.2) is 9.91 Å². The minimum Gasteiger partial charge on any atom is -0.358 e. The van der Waals surface area contributed by atoms with Crippen molar-refractivity contribution < 1.29 is 4.92 Å². The fraction of sp³-hybridized carbons (Fsp3) is 0.200. The minimum absolute atomic E-state index is 0.0179. The van der Waals surface area contributed by atoms with Crippen molar-refractivity contribution >= 4 is 17.4 Å². The van der Waals surface area contributed by atoms with Gasteiger partial charge >= 0.3 is 5.82 Å². The molecule has 54 valence electrons. The van der Waals surface area contributed by atoms with Gasteiger partial charge in [0.1, 0.15) is 5.69 Å². The fourth-order valence-electron chi connectivity index (χ4n) is 0.612. The molecule has 1 rings (SSSR count). The monoisotopic (exact) mass is 160 g/mol. The molecule has 1 aromatic rings. The predicted molar refractivity (Wildman–Crippen MR) is 37.0 cm³/mol. The number of H-pyrrole nitrogens is 1. The van der Waals surface area contributed by atoms with Crippen LogP contribution in [0.4, 0.5) is 5.82 Å². The number of nitrogens with zero attached hydrogens (tertiary/aromatic N) is 1.